The highest BCUT2D eigenvalue weighted by Crippen LogP contribution is 2.32. The van der Waals surface area contributed by atoms with E-state index in [0.717, 1.165) is 37.4 Å². The zero-order chi connectivity index (χ0) is 17.0. The monoisotopic (exact) mass is 329 g/mol. The molecule has 2 aromatic rings. The van der Waals surface area contributed by atoms with E-state index in [0.29, 0.717) is 13.2 Å². The molecule has 4 nitrogen and oxygen atoms in total. The van der Waals surface area contributed by atoms with Gasteiger partial charge in [-0.15, -0.1) is 6.58 Å². The molecule has 1 aliphatic rings. The van der Waals surface area contributed by atoms with Gasteiger partial charge in [-0.1, -0.05) is 18.2 Å². The van der Waals surface area contributed by atoms with Gasteiger partial charge in [-0.05, 0) is 31.0 Å². The Hall–Kier alpha value is -1.98. The molecule has 1 N–H and O–H groups in total. The molecular formula is C19H24FN3O. The quantitative estimate of drug-likeness (QED) is 0.794. The molecular weight excluding hydrogens is 305 g/mol. The number of hydrogen-bond acceptors (Lipinski definition) is 3. The number of allylic oxidation sites excluding steroid dienone is 1. The van der Waals surface area contributed by atoms with E-state index in [9.17, 15) is 4.39 Å². The second kappa shape index (κ2) is 7.28. The second-order valence-electron chi connectivity index (χ2n) is 6.44. The first kappa shape index (κ1) is 16.9. The first-order valence-corrected chi connectivity index (χ1v) is 8.31. The maximum absolute atomic E-state index is 13.2. The number of rotatable bonds is 7. The normalized spacial score (nSPS) is 20.4. The number of nitrogens with one attached hydrogen (secondary N) is 1. The van der Waals surface area contributed by atoms with E-state index >= 15 is 0 Å². The van der Waals surface area contributed by atoms with Crippen LogP contribution in [0, 0.1) is 12.7 Å². The van der Waals surface area contributed by atoms with Gasteiger partial charge in [-0.2, -0.15) is 5.10 Å². The van der Waals surface area contributed by atoms with Crippen molar-refractivity contribution in [3.8, 4) is 0 Å². The lowest BCUT2D eigenvalue weighted by molar-refractivity contribution is 0.176. The fourth-order valence-corrected chi connectivity index (χ4v) is 3.27. The van der Waals surface area contributed by atoms with Crippen LogP contribution in [0.4, 0.5) is 4.39 Å². The molecule has 0 aliphatic carbocycles. The average molecular weight is 329 g/mol. The fraction of sp³-hybridized carbons (Fsp3) is 0.421. The van der Waals surface area contributed by atoms with Crippen molar-refractivity contribution in [2.24, 2.45) is 0 Å². The Bertz CT molecular complexity index is 687. The molecule has 24 heavy (non-hydrogen) atoms. The molecule has 128 valence electrons. The first-order valence-electron chi connectivity index (χ1n) is 8.31. The van der Waals surface area contributed by atoms with Gasteiger partial charge in [-0.3, -0.25) is 4.68 Å². The molecule has 0 spiro atoms. The highest BCUT2D eigenvalue weighted by Gasteiger charge is 2.36. The molecule has 3 rings (SSSR count). The molecule has 1 aromatic carbocycles. The Labute approximate surface area is 142 Å². The summed E-state index contributed by atoms with van der Waals surface area (Å²) >= 11 is 0. The summed E-state index contributed by atoms with van der Waals surface area (Å²) in [6.07, 6.45) is 4.84. The molecule has 5 heteroatoms. The van der Waals surface area contributed by atoms with Crippen molar-refractivity contribution in [3.05, 3.63) is 65.8 Å². The summed E-state index contributed by atoms with van der Waals surface area (Å²) in [6.45, 7) is 9.44. The van der Waals surface area contributed by atoms with Gasteiger partial charge in [0.2, 0.25) is 0 Å². The van der Waals surface area contributed by atoms with Crippen LogP contribution in [0.15, 0.2) is 43.1 Å². The van der Waals surface area contributed by atoms with Crippen LogP contribution in [0.25, 0.3) is 0 Å². The van der Waals surface area contributed by atoms with Gasteiger partial charge in [0.1, 0.15) is 5.82 Å². The topological polar surface area (TPSA) is 39.1 Å². The van der Waals surface area contributed by atoms with Gasteiger partial charge in [0.05, 0.1) is 18.8 Å². The lowest BCUT2D eigenvalue weighted by Gasteiger charge is -2.28. The number of aryl methyl sites for hydroxylation is 1. The molecule has 1 atom stereocenters. The molecule has 0 bridgehead atoms. The van der Waals surface area contributed by atoms with Crippen molar-refractivity contribution in [3.63, 3.8) is 0 Å². The molecule has 1 aliphatic heterocycles. The number of benzene rings is 1. The number of ether oxygens (including phenoxy) is 1. The predicted molar refractivity (Wildman–Crippen MR) is 92.4 cm³/mol. The Kier molecular flexibility index (Phi) is 5.11. The first-order chi connectivity index (χ1) is 11.6. The van der Waals surface area contributed by atoms with Crippen molar-refractivity contribution in [2.45, 2.75) is 31.8 Å². The highest BCUT2D eigenvalue weighted by molar-refractivity contribution is 5.28. The van der Waals surface area contributed by atoms with Crippen LogP contribution in [0.5, 0.6) is 0 Å². The van der Waals surface area contributed by atoms with Gasteiger partial charge in [0, 0.05) is 36.9 Å². The van der Waals surface area contributed by atoms with Crippen molar-refractivity contribution in [1.82, 2.24) is 15.1 Å². The number of hydrogen-bond donors (Lipinski definition) is 1. The van der Waals surface area contributed by atoms with Gasteiger partial charge >= 0.3 is 0 Å². The molecule has 0 amide bonds. The Morgan fingerprint density at radius 2 is 2.21 bits per heavy atom. The smallest absolute Gasteiger partial charge is 0.123 e. The lowest BCUT2D eigenvalue weighted by Crippen LogP contribution is -2.38. The third kappa shape index (κ3) is 3.57. The lowest BCUT2D eigenvalue weighted by atomic mass is 9.79. The molecule has 1 fully saturated rings. The standard InChI is InChI=1S/C19H24FN3O/c1-3-9-23-12-16(15(2)22-23)11-21-13-19(8-10-24-14-19)17-4-6-18(20)7-5-17/h3-7,12,21H,1,8-11,13-14H2,2H3/t19-/m0/s1. The molecule has 0 radical (unpaired) electrons. The number of nitrogens with zero attached hydrogens (tertiary/aromatic N) is 2. The Balaban J connectivity index is 1.67. The number of halogens is 1. The average Bonchev–Trinajstić information content (AvgIpc) is 3.17. The van der Waals surface area contributed by atoms with E-state index in [1.54, 1.807) is 0 Å². The molecule has 1 aromatic heterocycles. The van der Waals surface area contributed by atoms with Crippen LogP contribution < -0.4 is 5.32 Å². The van der Waals surface area contributed by atoms with Crippen molar-refractivity contribution in [1.29, 1.82) is 0 Å². The van der Waals surface area contributed by atoms with Gasteiger partial charge in [0.15, 0.2) is 0 Å². The molecule has 0 unspecified atom stereocenters. The highest BCUT2D eigenvalue weighted by atomic mass is 19.1. The fourth-order valence-electron chi connectivity index (χ4n) is 3.27. The number of aromatic nitrogens is 2. The summed E-state index contributed by atoms with van der Waals surface area (Å²) in [5.74, 6) is -0.203. The maximum atomic E-state index is 13.2. The summed E-state index contributed by atoms with van der Waals surface area (Å²) < 4.78 is 20.8. The van der Waals surface area contributed by atoms with Crippen LogP contribution in [0.1, 0.15) is 23.2 Å². The third-order valence-corrected chi connectivity index (χ3v) is 4.70. The summed E-state index contributed by atoms with van der Waals surface area (Å²) in [6, 6.07) is 6.80. The minimum absolute atomic E-state index is 0.0846. The van der Waals surface area contributed by atoms with E-state index in [-0.39, 0.29) is 11.2 Å². The molecule has 2 heterocycles. The largest absolute Gasteiger partial charge is 0.380 e. The van der Waals surface area contributed by atoms with E-state index in [1.165, 1.54) is 17.7 Å². The van der Waals surface area contributed by atoms with Gasteiger partial charge in [-0.25, -0.2) is 4.39 Å². The minimum atomic E-state index is -0.203. The molecule has 1 saturated heterocycles. The van der Waals surface area contributed by atoms with Crippen molar-refractivity contribution >= 4 is 0 Å². The van der Waals surface area contributed by atoms with Crippen molar-refractivity contribution < 1.29 is 9.13 Å². The second-order valence-corrected chi connectivity index (χ2v) is 6.44. The molecule has 0 saturated carbocycles. The van der Waals surface area contributed by atoms with Gasteiger partial charge < -0.3 is 10.1 Å². The Morgan fingerprint density at radius 3 is 2.88 bits per heavy atom. The van der Waals surface area contributed by atoms with Crippen LogP contribution in [0.3, 0.4) is 0 Å². The van der Waals surface area contributed by atoms with Crippen LogP contribution >= 0.6 is 0 Å². The van der Waals surface area contributed by atoms with Crippen molar-refractivity contribution in [2.75, 3.05) is 19.8 Å². The summed E-state index contributed by atoms with van der Waals surface area (Å²) in [5, 5.41) is 8.02. The van der Waals surface area contributed by atoms with E-state index in [1.807, 2.05) is 29.8 Å². The maximum Gasteiger partial charge on any atom is 0.123 e. The summed E-state index contributed by atoms with van der Waals surface area (Å²) in [4.78, 5) is 0. The van der Waals surface area contributed by atoms with Gasteiger partial charge in [0.25, 0.3) is 0 Å². The van der Waals surface area contributed by atoms with E-state index < -0.39 is 0 Å². The minimum Gasteiger partial charge on any atom is -0.380 e. The van der Waals surface area contributed by atoms with Crippen LogP contribution in [-0.4, -0.2) is 29.5 Å². The van der Waals surface area contributed by atoms with E-state index in [2.05, 4.69) is 23.2 Å². The van der Waals surface area contributed by atoms with E-state index in [4.69, 9.17) is 4.74 Å². The van der Waals surface area contributed by atoms with Crippen LogP contribution in [-0.2, 0) is 23.2 Å². The van der Waals surface area contributed by atoms with Crippen LogP contribution in [0.2, 0.25) is 0 Å². The zero-order valence-electron chi connectivity index (χ0n) is 14.1. The summed E-state index contributed by atoms with van der Waals surface area (Å²) in [7, 11) is 0. The SMILES string of the molecule is C=CCn1cc(CNC[C@@]2(c3ccc(F)cc3)CCOC2)c(C)n1. The zero-order valence-corrected chi connectivity index (χ0v) is 14.1. The Morgan fingerprint density at radius 1 is 1.42 bits per heavy atom. The predicted octanol–water partition coefficient (Wildman–Crippen LogP) is 2.96. The summed E-state index contributed by atoms with van der Waals surface area (Å²) in [5.41, 5.74) is 3.26. The third-order valence-electron chi connectivity index (χ3n) is 4.70.